The van der Waals surface area contributed by atoms with Crippen LogP contribution in [-0.4, -0.2) is 69.7 Å². The molecule has 2 N–H and O–H groups in total. The summed E-state index contributed by atoms with van der Waals surface area (Å²) >= 11 is 1.90. The molecule has 0 spiro atoms. The van der Waals surface area contributed by atoms with Crippen LogP contribution in [0.15, 0.2) is 0 Å². The Morgan fingerprint density at radius 3 is 2.33 bits per heavy atom. The largest absolute Gasteiger partial charge is 0.473 e. The van der Waals surface area contributed by atoms with Gasteiger partial charge in [0.15, 0.2) is 0 Å². The number of aliphatic carboxylic acids is 2. The Labute approximate surface area is 161 Å². The monoisotopic (exact) mass is 392 g/mol. The maximum atomic E-state index is 9.10. The van der Waals surface area contributed by atoms with Crippen LogP contribution in [0.3, 0.4) is 0 Å². The standard InChI is InChI=1S/C16H22N4S.C2H2O4/c1-3-19-7-9-20(10-8-19)15-14-12-5-4-6-13(12)21-16(14)18-11(2)17-15;3-1(4)2(5)6/h3-10H2,1-2H3;(H,3,4)(H,5,6). The van der Waals surface area contributed by atoms with E-state index in [4.69, 9.17) is 29.8 Å². The number of anilines is 1. The van der Waals surface area contributed by atoms with Crippen molar-refractivity contribution in [2.45, 2.75) is 33.1 Å². The minimum Gasteiger partial charge on any atom is -0.473 e. The zero-order valence-electron chi connectivity index (χ0n) is 15.6. The molecule has 2 aromatic rings. The average molecular weight is 392 g/mol. The lowest BCUT2D eigenvalue weighted by Crippen LogP contribution is -2.46. The van der Waals surface area contributed by atoms with Gasteiger partial charge < -0.3 is 20.0 Å². The number of fused-ring (bicyclic) bond motifs is 3. The molecular weight excluding hydrogens is 368 g/mol. The molecule has 0 bridgehead atoms. The number of nitrogens with zero attached hydrogens (tertiary/aromatic N) is 4. The van der Waals surface area contributed by atoms with Crippen LogP contribution in [0.1, 0.15) is 29.6 Å². The molecule has 146 valence electrons. The predicted molar refractivity (Wildman–Crippen MR) is 104 cm³/mol. The Morgan fingerprint density at radius 2 is 1.74 bits per heavy atom. The lowest BCUT2D eigenvalue weighted by molar-refractivity contribution is -0.159. The van der Waals surface area contributed by atoms with Crippen molar-refractivity contribution >= 4 is 39.3 Å². The summed E-state index contributed by atoms with van der Waals surface area (Å²) in [4.78, 5) is 35.5. The Balaban J connectivity index is 0.000000307. The molecule has 0 aromatic carbocycles. The van der Waals surface area contributed by atoms with E-state index in [0.717, 1.165) is 38.5 Å². The minimum absolute atomic E-state index is 0.912. The van der Waals surface area contributed by atoms with Gasteiger partial charge in [-0.15, -0.1) is 11.3 Å². The van der Waals surface area contributed by atoms with Gasteiger partial charge in [-0.25, -0.2) is 19.6 Å². The summed E-state index contributed by atoms with van der Waals surface area (Å²) in [7, 11) is 0. The van der Waals surface area contributed by atoms with Gasteiger partial charge in [0, 0.05) is 31.1 Å². The number of likely N-dealkylation sites (N-methyl/N-ethyl adjacent to an activating group) is 1. The Kier molecular flexibility index (Phi) is 5.91. The highest BCUT2D eigenvalue weighted by Crippen LogP contribution is 2.40. The molecule has 0 unspecified atom stereocenters. The molecule has 2 aliphatic rings. The molecule has 3 heterocycles. The maximum absolute atomic E-state index is 9.10. The normalized spacial score (nSPS) is 16.7. The van der Waals surface area contributed by atoms with E-state index in [-0.39, 0.29) is 0 Å². The number of hydrogen-bond donors (Lipinski definition) is 2. The topological polar surface area (TPSA) is 107 Å². The smallest absolute Gasteiger partial charge is 0.414 e. The number of carboxylic acid groups (broad SMARTS) is 2. The van der Waals surface area contributed by atoms with Gasteiger partial charge in [0.2, 0.25) is 0 Å². The second-order valence-corrected chi connectivity index (χ2v) is 7.75. The van der Waals surface area contributed by atoms with Crippen LogP contribution in [0.5, 0.6) is 0 Å². The van der Waals surface area contributed by atoms with Crippen molar-refractivity contribution in [3.05, 3.63) is 16.3 Å². The number of aryl methyl sites for hydroxylation is 3. The lowest BCUT2D eigenvalue weighted by atomic mass is 10.1. The molecule has 0 radical (unpaired) electrons. The number of piperazine rings is 1. The third-order valence-electron chi connectivity index (χ3n) is 4.96. The van der Waals surface area contributed by atoms with Crippen molar-refractivity contribution < 1.29 is 19.8 Å². The molecule has 27 heavy (non-hydrogen) atoms. The van der Waals surface area contributed by atoms with Crippen LogP contribution in [-0.2, 0) is 22.4 Å². The first kappa shape index (κ1) is 19.5. The van der Waals surface area contributed by atoms with Gasteiger partial charge in [-0.2, -0.15) is 0 Å². The van der Waals surface area contributed by atoms with E-state index >= 15 is 0 Å². The van der Waals surface area contributed by atoms with Crippen molar-refractivity contribution in [3.8, 4) is 0 Å². The number of aromatic nitrogens is 2. The first-order valence-electron chi connectivity index (χ1n) is 9.13. The zero-order valence-corrected chi connectivity index (χ0v) is 16.4. The van der Waals surface area contributed by atoms with Gasteiger partial charge in [-0.05, 0) is 38.3 Å². The third-order valence-corrected chi connectivity index (χ3v) is 6.15. The number of hydrogen-bond acceptors (Lipinski definition) is 7. The molecule has 0 atom stereocenters. The summed E-state index contributed by atoms with van der Waals surface area (Å²) in [5, 5.41) is 16.1. The van der Waals surface area contributed by atoms with E-state index in [1.165, 1.54) is 35.3 Å². The third kappa shape index (κ3) is 4.19. The van der Waals surface area contributed by atoms with Crippen molar-refractivity contribution in [1.82, 2.24) is 14.9 Å². The van der Waals surface area contributed by atoms with Crippen molar-refractivity contribution in [3.63, 3.8) is 0 Å². The van der Waals surface area contributed by atoms with Gasteiger partial charge in [0.1, 0.15) is 16.5 Å². The highest BCUT2D eigenvalue weighted by molar-refractivity contribution is 7.19. The fourth-order valence-corrected chi connectivity index (χ4v) is 4.89. The zero-order chi connectivity index (χ0) is 19.6. The molecule has 0 amide bonds. The summed E-state index contributed by atoms with van der Waals surface area (Å²) in [6.07, 6.45) is 3.75. The number of carboxylic acids is 2. The summed E-state index contributed by atoms with van der Waals surface area (Å²) in [5.74, 6) is -1.53. The van der Waals surface area contributed by atoms with E-state index in [9.17, 15) is 0 Å². The van der Waals surface area contributed by atoms with E-state index in [1.807, 2.05) is 18.3 Å². The summed E-state index contributed by atoms with van der Waals surface area (Å²) in [6, 6.07) is 0. The highest BCUT2D eigenvalue weighted by atomic mass is 32.1. The second-order valence-electron chi connectivity index (χ2n) is 6.66. The van der Waals surface area contributed by atoms with E-state index in [1.54, 1.807) is 10.4 Å². The van der Waals surface area contributed by atoms with Gasteiger partial charge in [-0.3, -0.25) is 0 Å². The van der Waals surface area contributed by atoms with Gasteiger partial charge >= 0.3 is 11.9 Å². The first-order chi connectivity index (χ1) is 12.9. The Hall–Kier alpha value is -2.26. The van der Waals surface area contributed by atoms with Crippen LogP contribution in [0, 0.1) is 6.92 Å². The number of rotatable bonds is 2. The SMILES string of the molecule is CCN1CCN(c2nc(C)nc3sc4c(c23)CCC4)CC1.O=C(O)C(=O)O. The summed E-state index contributed by atoms with van der Waals surface area (Å²) in [5.41, 5.74) is 1.54. The van der Waals surface area contributed by atoms with E-state index in [2.05, 4.69) is 16.7 Å². The number of thiophene rings is 1. The molecule has 1 saturated heterocycles. The molecule has 1 aliphatic carbocycles. The fourth-order valence-electron chi connectivity index (χ4n) is 3.59. The van der Waals surface area contributed by atoms with Crippen molar-refractivity contribution in [1.29, 1.82) is 0 Å². The first-order valence-corrected chi connectivity index (χ1v) is 9.94. The second kappa shape index (κ2) is 8.18. The molecule has 9 heteroatoms. The van der Waals surface area contributed by atoms with Crippen LogP contribution >= 0.6 is 11.3 Å². The Bertz CT molecular complexity index is 847. The Morgan fingerprint density at radius 1 is 1.07 bits per heavy atom. The van der Waals surface area contributed by atoms with Crippen molar-refractivity contribution in [2.75, 3.05) is 37.6 Å². The lowest BCUT2D eigenvalue weighted by Gasteiger charge is -2.35. The van der Waals surface area contributed by atoms with Crippen LogP contribution < -0.4 is 4.90 Å². The van der Waals surface area contributed by atoms with Crippen LogP contribution in [0.2, 0.25) is 0 Å². The molecule has 2 aromatic heterocycles. The average Bonchev–Trinajstić information content (AvgIpc) is 3.22. The van der Waals surface area contributed by atoms with E-state index in [0.29, 0.717) is 0 Å². The van der Waals surface area contributed by atoms with E-state index < -0.39 is 11.9 Å². The van der Waals surface area contributed by atoms with Gasteiger partial charge in [0.25, 0.3) is 0 Å². The number of carbonyl (C=O) groups is 2. The molecule has 4 rings (SSSR count). The molecule has 0 saturated carbocycles. The van der Waals surface area contributed by atoms with Gasteiger partial charge in [0.05, 0.1) is 5.39 Å². The van der Waals surface area contributed by atoms with Crippen LogP contribution in [0.25, 0.3) is 10.2 Å². The van der Waals surface area contributed by atoms with Gasteiger partial charge in [-0.1, -0.05) is 6.92 Å². The minimum atomic E-state index is -1.82. The van der Waals surface area contributed by atoms with Crippen LogP contribution in [0.4, 0.5) is 5.82 Å². The summed E-state index contributed by atoms with van der Waals surface area (Å²) in [6.45, 7) is 9.89. The molecule has 1 aliphatic heterocycles. The predicted octanol–water partition coefficient (Wildman–Crippen LogP) is 1.79. The maximum Gasteiger partial charge on any atom is 0.414 e. The molecule has 1 fully saturated rings. The highest BCUT2D eigenvalue weighted by Gasteiger charge is 2.25. The molecule has 8 nitrogen and oxygen atoms in total. The molecular formula is C18H24N4O4S. The summed E-state index contributed by atoms with van der Waals surface area (Å²) < 4.78 is 0. The fraction of sp³-hybridized carbons (Fsp3) is 0.556. The quantitative estimate of drug-likeness (QED) is 0.745. The van der Waals surface area contributed by atoms with Crippen molar-refractivity contribution in [2.24, 2.45) is 0 Å².